The Hall–Kier alpha value is -1.74. The number of carbonyl (C=O) groups is 1. The van der Waals surface area contributed by atoms with Gasteiger partial charge in [-0.1, -0.05) is 20.8 Å². The van der Waals surface area contributed by atoms with Crippen LogP contribution in [-0.2, 0) is 15.3 Å². The fourth-order valence-electron chi connectivity index (χ4n) is 2.57. The van der Waals surface area contributed by atoms with E-state index in [0.29, 0.717) is 38.5 Å². The maximum Gasteiger partial charge on any atom is 0.263 e. The van der Waals surface area contributed by atoms with Gasteiger partial charge in [-0.25, -0.2) is 13.4 Å². The summed E-state index contributed by atoms with van der Waals surface area (Å²) in [6.45, 7) is 8.36. The molecule has 0 spiro atoms. The highest BCUT2D eigenvalue weighted by molar-refractivity contribution is 7.90. The third-order valence-electron chi connectivity index (χ3n) is 4.18. The van der Waals surface area contributed by atoms with Gasteiger partial charge in [-0.05, 0) is 0 Å². The Balaban J connectivity index is 2.00. The lowest BCUT2D eigenvalue weighted by Crippen LogP contribution is -2.50. The summed E-state index contributed by atoms with van der Waals surface area (Å²) in [7, 11) is -2.99. The van der Waals surface area contributed by atoms with E-state index < -0.39 is 15.4 Å². The van der Waals surface area contributed by atoms with Gasteiger partial charge in [0.25, 0.3) is 11.5 Å². The summed E-state index contributed by atoms with van der Waals surface area (Å²) >= 11 is 0. The average Bonchev–Trinajstić information content (AvgIpc) is 2.51. The first-order valence-corrected chi connectivity index (χ1v) is 10.3. The van der Waals surface area contributed by atoms with Crippen LogP contribution in [0.15, 0.2) is 11.0 Å². The molecule has 8 nitrogen and oxygen atoms in total. The van der Waals surface area contributed by atoms with Gasteiger partial charge in [-0.2, -0.15) is 0 Å². The second-order valence-electron chi connectivity index (χ2n) is 7.49. The molecule has 1 aromatic rings. The first-order chi connectivity index (χ1) is 11.5. The summed E-state index contributed by atoms with van der Waals surface area (Å²) < 4.78 is 22.5. The van der Waals surface area contributed by atoms with Crippen LogP contribution in [0.2, 0.25) is 0 Å². The fourth-order valence-corrected chi connectivity index (χ4v) is 3.16. The van der Waals surface area contributed by atoms with Crippen LogP contribution in [0.1, 0.15) is 37.0 Å². The van der Waals surface area contributed by atoms with Crippen molar-refractivity contribution in [3.8, 4) is 0 Å². The molecule has 140 valence electrons. The van der Waals surface area contributed by atoms with Crippen LogP contribution in [0, 0.1) is 0 Å². The standard InChI is InChI=1S/C16H26N4O4S/c1-16(2,3)15-17-11-12(13(21)18-15)14(22)20-7-5-19(6-8-20)9-10-25(4,23)24/h11H,5-10H2,1-4H3,(H,17,18,21). The van der Waals surface area contributed by atoms with Crippen LogP contribution in [-0.4, -0.2) is 78.8 Å². The Bertz CT molecular complexity index is 787. The number of nitrogens with one attached hydrogen (secondary N) is 1. The topological polar surface area (TPSA) is 103 Å². The molecule has 1 fully saturated rings. The Labute approximate surface area is 148 Å². The number of carbonyl (C=O) groups excluding carboxylic acids is 1. The molecule has 0 aromatic carbocycles. The number of rotatable bonds is 4. The van der Waals surface area contributed by atoms with Crippen molar-refractivity contribution >= 4 is 15.7 Å². The number of aromatic amines is 1. The molecule has 1 N–H and O–H groups in total. The first kappa shape index (κ1) is 19.6. The summed E-state index contributed by atoms with van der Waals surface area (Å²) in [5.41, 5.74) is -0.687. The molecule has 1 aliphatic heterocycles. The highest BCUT2D eigenvalue weighted by atomic mass is 32.2. The minimum Gasteiger partial charge on any atom is -0.336 e. The average molecular weight is 370 g/mol. The highest BCUT2D eigenvalue weighted by Gasteiger charge is 2.25. The fraction of sp³-hybridized carbons (Fsp3) is 0.688. The summed E-state index contributed by atoms with van der Waals surface area (Å²) in [5.74, 6) is 0.315. The molecular formula is C16H26N4O4S. The van der Waals surface area contributed by atoms with Crippen molar-refractivity contribution in [2.24, 2.45) is 0 Å². The van der Waals surface area contributed by atoms with Crippen molar-refractivity contribution in [1.29, 1.82) is 0 Å². The van der Waals surface area contributed by atoms with Crippen LogP contribution in [0.3, 0.4) is 0 Å². The van der Waals surface area contributed by atoms with Crippen molar-refractivity contribution in [1.82, 2.24) is 19.8 Å². The molecule has 0 unspecified atom stereocenters. The van der Waals surface area contributed by atoms with Gasteiger partial charge in [0.1, 0.15) is 21.2 Å². The van der Waals surface area contributed by atoms with Gasteiger partial charge in [0.05, 0.1) is 5.75 Å². The summed E-state index contributed by atoms with van der Waals surface area (Å²) in [6.07, 6.45) is 2.56. The molecule has 2 heterocycles. The van der Waals surface area contributed by atoms with Crippen molar-refractivity contribution in [2.45, 2.75) is 26.2 Å². The molecule has 1 aliphatic rings. The highest BCUT2D eigenvalue weighted by Crippen LogP contribution is 2.16. The van der Waals surface area contributed by atoms with E-state index >= 15 is 0 Å². The smallest absolute Gasteiger partial charge is 0.263 e. The normalized spacial score (nSPS) is 16.9. The zero-order chi connectivity index (χ0) is 18.8. The van der Waals surface area contributed by atoms with E-state index in [4.69, 9.17) is 0 Å². The van der Waals surface area contributed by atoms with Gasteiger partial charge in [0.2, 0.25) is 0 Å². The number of amides is 1. The molecule has 25 heavy (non-hydrogen) atoms. The van der Waals surface area contributed by atoms with E-state index in [0.717, 1.165) is 0 Å². The molecule has 2 rings (SSSR count). The lowest BCUT2D eigenvalue weighted by molar-refractivity contribution is 0.0641. The van der Waals surface area contributed by atoms with E-state index in [1.165, 1.54) is 12.5 Å². The number of piperazine rings is 1. The number of nitrogens with zero attached hydrogens (tertiary/aromatic N) is 3. The van der Waals surface area contributed by atoms with Crippen molar-refractivity contribution in [3.05, 3.63) is 27.9 Å². The second-order valence-corrected chi connectivity index (χ2v) is 9.75. The molecule has 0 saturated carbocycles. The van der Waals surface area contributed by atoms with Gasteiger partial charge in [0, 0.05) is 50.6 Å². The Morgan fingerprint density at radius 2 is 1.84 bits per heavy atom. The summed E-state index contributed by atoms with van der Waals surface area (Å²) in [5, 5.41) is 0. The quantitative estimate of drug-likeness (QED) is 0.792. The van der Waals surface area contributed by atoms with Crippen LogP contribution in [0.5, 0.6) is 0 Å². The summed E-state index contributed by atoms with van der Waals surface area (Å²) in [4.78, 5) is 35.3. The number of aromatic nitrogens is 2. The van der Waals surface area contributed by atoms with E-state index in [1.807, 2.05) is 25.7 Å². The largest absolute Gasteiger partial charge is 0.336 e. The first-order valence-electron chi connectivity index (χ1n) is 8.26. The van der Waals surface area contributed by atoms with Crippen LogP contribution < -0.4 is 5.56 Å². The predicted molar refractivity (Wildman–Crippen MR) is 95.6 cm³/mol. The molecule has 1 saturated heterocycles. The van der Waals surface area contributed by atoms with E-state index in [2.05, 4.69) is 9.97 Å². The zero-order valence-corrected chi connectivity index (χ0v) is 16.0. The molecule has 0 bridgehead atoms. The van der Waals surface area contributed by atoms with E-state index in [-0.39, 0.29) is 22.6 Å². The van der Waals surface area contributed by atoms with Gasteiger partial charge < -0.3 is 9.88 Å². The molecular weight excluding hydrogens is 344 g/mol. The Morgan fingerprint density at radius 3 is 2.32 bits per heavy atom. The lowest BCUT2D eigenvalue weighted by atomic mass is 9.96. The van der Waals surface area contributed by atoms with Crippen molar-refractivity contribution in [2.75, 3.05) is 44.7 Å². The third-order valence-corrected chi connectivity index (χ3v) is 5.10. The van der Waals surface area contributed by atoms with Crippen molar-refractivity contribution in [3.63, 3.8) is 0 Å². The molecule has 9 heteroatoms. The Kier molecular flexibility index (Phi) is 5.68. The maximum absolute atomic E-state index is 12.6. The maximum atomic E-state index is 12.6. The molecule has 1 aromatic heterocycles. The number of sulfone groups is 1. The van der Waals surface area contributed by atoms with Crippen LogP contribution in [0.25, 0.3) is 0 Å². The monoisotopic (exact) mass is 370 g/mol. The van der Waals surface area contributed by atoms with E-state index in [1.54, 1.807) is 4.90 Å². The van der Waals surface area contributed by atoms with E-state index in [9.17, 15) is 18.0 Å². The number of hydrogen-bond acceptors (Lipinski definition) is 6. The van der Waals surface area contributed by atoms with Gasteiger partial charge >= 0.3 is 0 Å². The van der Waals surface area contributed by atoms with Gasteiger partial charge in [-0.3, -0.25) is 14.5 Å². The minimum atomic E-state index is -2.99. The SMILES string of the molecule is CC(C)(C)c1ncc(C(=O)N2CCN(CCS(C)(=O)=O)CC2)c(=O)[nH]1. The Morgan fingerprint density at radius 1 is 1.24 bits per heavy atom. The minimum absolute atomic E-state index is 0.0394. The zero-order valence-electron chi connectivity index (χ0n) is 15.2. The summed E-state index contributed by atoms with van der Waals surface area (Å²) in [6, 6.07) is 0. The predicted octanol–water partition coefficient (Wildman–Crippen LogP) is -0.130. The van der Waals surface area contributed by atoms with Gasteiger partial charge in [-0.15, -0.1) is 0 Å². The second kappa shape index (κ2) is 7.25. The number of hydrogen-bond donors (Lipinski definition) is 1. The number of H-pyrrole nitrogens is 1. The third kappa shape index (κ3) is 5.37. The molecule has 1 amide bonds. The van der Waals surface area contributed by atoms with Crippen molar-refractivity contribution < 1.29 is 13.2 Å². The molecule has 0 aliphatic carbocycles. The molecule has 0 radical (unpaired) electrons. The van der Waals surface area contributed by atoms with Crippen LogP contribution >= 0.6 is 0 Å². The van der Waals surface area contributed by atoms with Gasteiger partial charge in [0.15, 0.2) is 0 Å². The lowest BCUT2D eigenvalue weighted by Gasteiger charge is -2.34. The molecule has 0 atom stereocenters. The van der Waals surface area contributed by atoms with Crippen LogP contribution in [0.4, 0.5) is 0 Å².